The number of aryl methyl sites for hydroxylation is 1. The number of hydrogen-bond acceptors (Lipinski definition) is 3. The Morgan fingerprint density at radius 3 is 2.33 bits per heavy atom. The van der Waals surface area contributed by atoms with E-state index < -0.39 is 10.0 Å². The number of nitrogens with zero attached hydrogens (tertiary/aromatic N) is 1. The molecule has 0 aliphatic heterocycles. The number of halogens is 1. The first-order valence-electron chi connectivity index (χ1n) is 5.90. The smallest absolute Gasteiger partial charge is 0.206 e. The third kappa shape index (κ3) is 3.56. The molecule has 104 valence electrons. The van der Waals surface area contributed by atoms with Crippen LogP contribution in [-0.4, -0.2) is 25.8 Å². The van der Waals surface area contributed by atoms with Gasteiger partial charge >= 0.3 is 0 Å². The van der Waals surface area contributed by atoms with E-state index in [0.29, 0.717) is 10.1 Å². The molecule has 1 unspecified atom stereocenters. The van der Waals surface area contributed by atoms with Crippen molar-refractivity contribution in [1.82, 2.24) is 4.31 Å². The van der Waals surface area contributed by atoms with E-state index >= 15 is 0 Å². The molecule has 0 saturated carbocycles. The summed E-state index contributed by atoms with van der Waals surface area (Å²) < 4.78 is 27.6. The molecule has 1 heterocycles. The van der Waals surface area contributed by atoms with E-state index in [4.69, 9.17) is 0 Å². The third-order valence-electron chi connectivity index (χ3n) is 2.90. The van der Waals surface area contributed by atoms with Gasteiger partial charge in [0, 0.05) is 13.1 Å². The molecular formula is C12H20BrNO2S2. The molecule has 6 heteroatoms. The lowest BCUT2D eigenvalue weighted by atomic mass is 10.1. The number of hydrogen-bond donors (Lipinski definition) is 0. The number of sulfonamides is 1. The van der Waals surface area contributed by atoms with Crippen LogP contribution in [0.5, 0.6) is 0 Å². The molecule has 0 N–H and O–H groups in total. The minimum absolute atomic E-state index is 0.0104. The van der Waals surface area contributed by atoms with Gasteiger partial charge in [-0.15, -0.1) is 11.3 Å². The van der Waals surface area contributed by atoms with Gasteiger partial charge in [-0.1, -0.05) is 13.8 Å². The van der Waals surface area contributed by atoms with E-state index in [9.17, 15) is 8.42 Å². The predicted molar refractivity (Wildman–Crippen MR) is 80.6 cm³/mol. The number of thiophene rings is 1. The second-order valence-electron chi connectivity index (χ2n) is 5.02. The van der Waals surface area contributed by atoms with Gasteiger partial charge < -0.3 is 0 Å². The van der Waals surface area contributed by atoms with Crippen LogP contribution in [0.4, 0.5) is 0 Å². The Balaban J connectivity index is 2.99. The summed E-state index contributed by atoms with van der Waals surface area (Å²) in [4.78, 5) is 0. The summed E-state index contributed by atoms with van der Waals surface area (Å²) in [5.41, 5.74) is 0.962. The highest BCUT2D eigenvalue weighted by Crippen LogP contribution is 2.32. The van der Waals surface area contributed by atoms with E-state index in [1.807, 2.05) is 13.8 Å². The van der Waals surface area contributed by atoms with Crippen LogP contribution in [0.25, 0.3) is 0 Å². The minimum atomic E-state index is -3.36. The van der Waals surface area contributed by atoms with Crippen LogP contribution >= 0.6 is 27.3 Å². The monoisotopic (exact) mass is 353 g/mol. The Labute approximate surface area is 122 Å². The van der Waals surface area contributed by atoms with Crippen molar-refractivity contribution in [1.29, 1.82) is 0 Å². The van der Waals surface area contributed by atoms with Crippen molar-refractivity contribution < 1.29 is 8.42 Å². The van der Waals surface area contributed by atoms with Crippen LogP contribution < -0.4 is 0 Å². The van der Waals surface area contributed by atoms with Gasteiger partial charge in [0.2, 0.25) is 0 Å². The summed E-state index contributed by atoms with van der Waals surface area (Å²) in [6.07, 6.45) is 0.862. The summed E-state index contributed by atoms with van der Waals surface area (Å²) in [6, 6.07) is 1.74. The maximum absolute atomic E-state index is 12.4. The molecule has 3 nitrogen and oxygen atoms in total. The van der Waals surface area contributed by atoms with E-state index in [1.165, 1.54) is 15.6 Å². The van der Waals surface area contributed by atoms with Gasteiger partial charge in [-0.25, -0.2) is 8.42 Å². The average Bonchev–Trinajstić information content (AvgIpc) is 2.57. The Morgan fingerprint density at radius 2 is 1.94 bits per heavy atom. The molecule has 0 amide bonds. The lowest BCUT2D eigenvalue weighted by molar-refractivity contribution is 0.338. The van der Waals surface area contributed by atoms with Gasteiger partial charge in [-0.2, -0.15) is 4.31 Å². The second kappa shape index (κ2) is 6.03. The molecule has 0 saturated heterocycles. The summed E-state index contributed by atoms with van der Waals surface area (Å²) in [5.74, 6) is 0.481. The van der Waals surface area contributed by atoms with Crippen molar-refractivity contribution >= 4 is 37.3 Å². The van der Waals surface area contributed by atoms with E-state index in [-0.39, 0.29) is 6.04 Å². The molecule has 0 aliphatic rings. The van der Waals surface area contributed by atoms with E-state index in [0.717, 1.165) is 15.8 Å². The zero-order chi connectivity index (χ0) is 14.1. The molecule has 0 bridgehead atoms. The van der Waals surface area contributed by atoms with Crippen LogP contribution in [0.1, 0.15) is 32.8 Å². The molecular weight excluding hydrogens is 334 g/mol. The molecule has 18 heavy (non-hydrogen) atoms. The van der Waals surface area contributed by atoms with Crippen molar-refractivity contribution in [3.05, 3.63) is 15.4 Å². The Morgan fingerprint density at radius 1 is 1.39 bits per heavy atom. The predicted octanol–water partition coefficient (Wildman–Crippen LogP) is 3.87. The maximum Gasteiger partial charge on any atom is 0.252 e. The van der Waals surface area contributed by atoms with Crippen LogP contribution in [0.15, 0.2) is 14.1 Å². The van der Waals surface area contributed by atoms with Crippen molar-refractivity contribution in [2.24, 2.45) is 5.92 Å². The van der Waals surface area contributed by atoms with E-state index in [1.54, 1.807) is 13.1 Å². The van der Waals surface area contributed by atoms with Gasteiger partial charge in [0.1, 0.15) is 4.21 Å². The maximum atomic E-state index is 12.4. The molecule has 0 radical (unpaired) electrons. The summed E-state index contributed by atoms with van der Waals surface area (Å²) >= 11 is 4.64. The van der Waals surface area contributed by atoms with Crippen LogP contribution in [0.3, 0.4) is 0 Å². The fourth-order valence-electron chi connectivity index (χ4n) is 1.77. The van der Waals surface area contributed by atoms with Gasteiger partial charge in [-0.05, 0) is 53.7 Å². The van der Waals surface area contributed by atoms with Crippen LogP contribution in [0, 0.1) is 12.8 Å². The van der Waals surface area contributed by atoms with Crippen molar-refractivity contribution in [2.75, 3.05) is 7.05 Å². The van der Waals surface area contributed by atoms with Crippen LogP contribution in [-0.2, 0) is 10.0 Å². The first-order chi connectivity index (χ1) is 8.16. The normalized spacial score (nSPS) is 14.4. The molecule has 1 aromatic heterocycles. The lowest BCUT2D eigenvalue weighted by Crippen LogP contribution is -2.35. The SMILES string of the molecule is Cc1cc(S(=O)(=O)N(C)C(C)CC(C)C)sc1Br. The summed E-state index contributed by atoms with van der Waals surface area (Å²) in [7, 11) is -1.71. The minimum Gasteiger partial charge on any atom is -0.206 e. The molecule has 1 atom stereocenters. The molecule has 1 aromatic rings. The highest BCUT2D eigenvalue weighted by atomic mass is 79.9. The summed E-state index contributed by atoms with van der Waals surface area (Å²) in [5, 5.41) is 0. The average molecular weight is 354 g/mol. The Hall–Kier alpha value is 0.0900. The van der Waals surface area contributed by atoms with Crippen molar-refractivity contribution in [3.8, 4) is 0 Å². The first-order valence-corrected chi connectivity index (χ1v) is 8.95. The standard InChI is InChI=1S/C12H20BrNO2S2/c1-8(2)6-10(4)14(5)18(15,16)11-7-9(3)12(13)17-11/h7-8,10H,6H2,1-5H3. The highest BCUT2D eigenvalue weighted by Gasteiger charge is 2.27. The zero-order valence-corrected chi connectivity index (χ0v) is 14.6. The highest BCUT2D eigenvalue weighted by molar-refractivity contribution is 9.11. The van der Waals surface area contributed by atoms with E-state index in [2.05, 4.69) is 29.8 Å². The fourth-order valence-corrected chi connectivity index (χ4v) is 5.55. The quantitative estimate of drug-likeness (QED) is 0.805. The second-order valence-corrected chi connectivity index (χ2v) is 9.62. The first kappa shape index (κ1) is 16.1. The molecule has 0 fully saturated rings. The third-order valence-corrected chi connectivity index (χ3v) is 7.46. The van der Waals surface area contributed by atoms with Gasteiger partial charge in [0.15, 0.2) is 0 Å². The van der Waals surface area contributed by atoms with Crippen molar-refractivity contribution in [2.45, 2.75) is 44.4 Å². The molecule has 0 aliphatic carbocycles. The van der Waals surface area contributed by atoms with Crippen LogP contribution in [0.2, 0.25) is 0 Å². The Bertz CT molecular complexity index is 489. The lowest BCUT2D eigenvalue weighted by Gasteiger charge is -2.24. The van der Waals surface area contributed by atoms with Gasteiger partial charge in [0.05, 0.1) is 3.79 Å². The molecule has 1 rings (SSSR count). The van der Waals surface area contributed by atoms with Crippen molar-refractivity contribution in [3.63, 3.8) is 0 Å². The molecule has 0 spiro atoms. The molecule has 0 aromatic carbocycles. The zero-order valence-electron chi connectivity index (χ0n) is 11.4. The topological polar surface area (TPSA) is 37.4 Å². The largest absolute Gasteiger partial charge is 0.252 e. The fraction of sp³-hybridized carbons (Fsp3) is 0.667. The number of rotatable bonds is 5. The Kier molecular flexibility index (Phi) is 5.41. The van der Waals surface area contributed by atoms with Gasteiger partial charge in [-0.3, -0.25) is 0 Å². The van der Waals surface area contributed by atoms with Gasteiger partial charge in [0.25, 0.3) is 10.0 Å². The summed E-state index contributed by atoms with van der Waals surface area (Å²) in [6.45, 7) is 8.05.